The molecule has 1 amide bonds. The molecule has 19 heavy (non-hydrogen) atoms. The van der Waals surface area contributed by atoms with Crippen LogP contribution in [0.3, 0.4) is 0 Å². The van der Waals surface area contributed by atoms with Crippen molar-refractivity contribution < 1.29 is 9.53 Å². The van der Waals surface area contributed by atoms with Gasteiger partial charge in [-0.1, -0.05) is 19.4 Å². The van der Waals surface area contributed by atoms with Crippen molar-refractivity contribution in [2.24, 2.45) is 11.8 Å². The highest BCUT2D eigenvalue weighted by atomic mass is 16.5. The summed E-state index contributed by atoms with van der Waals surface area (Å²) in [6, 6.07) is 5.38. The first-order chi connectivity index (χ1) is 9.22. The minimum atomic E-state index is 0.0929. The number of pyridine rings is 1. The Morgan fingerprint density at radius 3 is 2.74 bits per heavy atom. The molecule has 1 aliphatic rings. The summed E-state index contributed by atoms with van der Waals surface area (Å²) in [5, 5.41) is 2.89. The van der Waals surface area contributed by atoms with E-state index in [9.17, 15) is 4.79 Å². The Hall–Kier alpha value is -1.58. The van der Waals surface area contributed by atoms with E-state index in [0.717, 1.165) is 18.8 Å². The Labute approximate surface area is 114 Å². The number of hydrogen-bond donors (Lipinski definition) is 1. The molecule has 0 radical (unpaired) electrons. The van der Waals surface area contributed by atoms with Crippen molar-refractivity contribution >= 4 is 11.7 Å². The molecule has 4 nitrogen and oxygen atoms in total. The van der Waals surface area contributed by atoms with Crippen LogP contribution in [-0.2, 0) is 4.79 Å². The Morgan fingerprint density at radius 1 is 1.37 bits per heavy atom. The number of carbonyl (C=O) groups is 1. The topological polar surface area (TPSA) is 51.2 Å². The van der Waals surface area contributed by atoms with Crippen LogP contribution >= 0.6 is 0 Å². The zero-order chi connectivity index (χ0) is 13.7. The van der Waals surface area contributed by atoms with E-state index in [4.69, 9.17) is 4.74 Å². The molecule has 1 aromatic heterocycles. The third kappa shape index (κ3) is 3.69. The molecular formula is C15H22N2O2. The Bertz CT molecular complexity index is 426. The molecule has 0 aliphatic heterocycles. The van der Waals surface area contributed by atoms with Crippen LogP contribution in [0.25, 0.3) is 0 Å². The molecule has 104 valence electrons. The average Bonchev–Trinajstić information content (AvgIpc) is 2.47. The molecule has 1 fully saturated rings. The maximum Gasteiger partial charge on any atom is 0.228 e. The van der Waals surface area contributed by atoms with Crippen LogP contribution in [0.4, 0.5) is 5.82 Å². The van der Waals surface area contributed by atoms with E-state index in [1.54, 1.807) is 19.2 Å². The molecule has 1 aromatic rings. The van der Waals surface area contributed by atoms with E-state index in [0.29, 0.717) is 11.7 Å². The summed E-state index contributed by atoms with van der Waals surface area (Å²) < 4.78 is 5.05. The molecule has 0 saturated heterocycles. The summed E-state index contributed by atoms with van der Waals surface area (Å²) in [6.07, 6.45) is 5.55. The van der Waals surface area contributed by atoms with Crippen LogP contribution in [0.5, 0.6) is 5.88 Å². The quantitative estimate of drug-likeness (QED) is 0.906. The Balaban J connectivity index is 1.90. The van der Waals surface area contributed by atoms with Crippen LogP contribution in [0.1, 0.15) is 39.0 Å². The average molecular weight is 262 g/mol. The number of carbonyl (C=O) groups excluding carboxylic acids is 1. The lowest BCUT2D eigenvalue weighted by atomic mass is 9.80. The highest BCUT2D eigenvalue weighted by Crippen LogP contribution is 2.31. The van der Waals surface area contributed by atoms with Crippen molar-refractivity contribution in [1.29, 1.82) is 0 Å². The van der Waals surface area contributed by atoms with Gasteiger partial charge in [0.1, 0.15) is 5.82 Å². The maximum atomic E-state index is 12.2. The van der Waals surface area contributed by atoms with E-state index in [-0.39, 0.29) is 11.8 Å². The third-order valence-electron chi connectivity index (χ3n) is 3.98. The number of rotatable bonds is 4. The number of anilines is 1. The summed E-state index contributed by atoms with van der Waals surface area (Å²) in [5.41, 5.74) is 0. The lowest BCUT2D eigenvalue weighted by molar-refractivity contribution is -0.121. The number of aromatic nitrogens is 1. The van der Waals surface area contributed by atoms with Gasteiger partial charge in [-0.3, -0.25) is 4.79 Å². The number of methoxy groups -OCH3 is 1. The predicted molar refractivity (Wildman–Crippen MR) is 75.2 cm³/mol. The second kappa shape index (κ2) is 6.55. The third-order valence-corrected chi connectivity index (χ3v) is 3.98. The predicted octanol–water partition coefficient (Wildman–Crippen LogP) is 3.25. The van der Waals surface area contributed by atoms with Crippen molar-refractivity contribution in [2.45, 2.75) is 39.0 Å². The fourth-order valence-electron chi connectivity index (χ4n) is 2.66. The van der Waals surface area contributed by atoms with E-state index in [1.807, 2.05) is 6.07 Å². The number of nitrogens with one attached hydrogen (secondary N) is 1. The van der Waals surface area contributed by atoms with Gasteiger partial charge in [0, 0.05) is 12.0 Å². The number of nitrogens with zero attached hydrogens (tertiary/aromatic N) is 1. The molecule has 0 spiro atoms. The van der Waals surface area contributed by atoms with E-state index in [1.165, 1.54) is 19.3 Å². The largest absolute Gasteiger partial charge is 0.481 e. The molecule has 1 aliphatic carbocycles. The zero-order valence-electron chi connectivity index (χ0n) is 11.7. The lowest BCUT2D eigenvalue weighted by Gasteiger charge is -2.26. The number of hydrogen-bond acceptors (Lipinski definition) is 3. The zero-order valence-corrected chi connectivity index (χ0v) is 11.7. The molecule has 4 heteroatoms. The van der Waals surface area contributed by atoms with E-state index < -0.39 is 0 Å². The van der Waals surface area contributed by atoms with Crippen LogP contribution in [-0.4, -0.2) is 18.0 Å². The second-order valence-electron chi connectivity index (χ2n) is 5.18. The van der Waals surface area contributed by atoms with Gasteiger partial charge >= 0.3 is 0 Å². The molecule has 0 atom stereocenters. The van der Waals surface area contributed by atoms with Gasteiger partial charge in [0.25, 0.3) is 0 Å². The molecule has 1 heterocycles. The summed E-state index contributed by atoms with van der Waals surface area (Å²) >= 11 is 0. The number of ether oxygens (including phenoxy) is 1. The fraction of sp³-hybridized carbons (Fsp3) is 0.600. The first-order valence-electron chi connectivity index (χ1n) is 7.04. The highest BCUT2D eigenvalue weighted by molar-refractivity contribution is 5.91. The molecule has 0 bridgehead atoms. The van der Waals surface area contributed by atoms with Gasteiger partial charge in [-0.05, 0) is 37.7 Å². The Kier molecular flexibility index (Phi) is 4.77. The summed E-state index contributed by atoms with van der Waals surface area (Å²) in [7, 11) is 1.57. The summed E-state index contributed by atoms with van der Waals surface area (Å²) in [5.74, 6) is 2.12. The van der Waals surface area contributed by atoms with Crippen molar-refractivity contribution in [2.75, 3.05) is 12.4 Å². The highest BCUT2D eigenvalue weighted by Gasteiger charge is 2.25. The van der Waals surface area contributed by atoms with Crippen molar-refractivity contribution in [1.82, 2.24) is 4.98 Å². The molecule has 0 unspecified atom stereocenters. The first kappa shape index (κ1) is 13.8. The van der Waals surface area contributed by atoms with Gasteiger partial charge in [-0.2, -0.15) is 4.98 Å². The van der Waals surface area contributed by atoms with Crippen molar-refractivity contribution in [3.05, 3.63) is 18.2 Å². The second-order valence-corrected chi connectivity index (χ2v) is 5.18. The van der Waals surface area contributed by atoms with Gasteiger partial charge < -0.3 is 10.1 Å². The van der Waals surface area contributed by atoms with E-state index in [2.05, 4.69) is 17.2 Å². The maximum absolute atomic E-state index is 12.2. The van der Waals surface area contributed by atoms with Gasteiger partial charge in [0.05, 0.1) is 7.11 Å². The Morgan fingerprint density at radius 2 is 2.11 bits per heavy atom. The molecule has 0 aromatic carbocycles. The number of amides is 1. The minimum Gasteiger partial charge on any atom is -0.481 e. The molecule has 2 rings (SSSR count). The fourth-order valence-corrected chi connectivity index (χ4v) is 2.66. The van der Waals surface area contributed by atoms with E-state index >= 15 is 0 Å². The minimum absolute atomic E-state index is 0.0929. The standard InChI is InChI=1S/C15H22N2O2/c1-3-11-7-9-12(10-8-11)15(18)17-13-5-4-6-14(16-13)19-2/h4-6,11-12H,3,7-10H2,1-2H3,(H,16,17,18). The van der Waals surface area contributed by atoms with Gasteiger partial charge in [-0.15, -0.1) is 0 Å². The van der Waals surface area contributed by atoms with Crippen LogP contribution < -0.4 is 10.1 Å². The van der Waals surface area contributed by atoms with Crippen LogP contribution in [0.2, 0.25) is 0 Å². The lowest BCUT2D eigenvalue weighted by Crippen LogP contribution is -2.27. The van der Waals surface area contributed by atoms with Crippen molar-refractivity contribution in [3.8, 4) is 5.88 Å². The summed E-state index contributed by atoms with van der Waals surface area (Å²) in [4.78, 5) is 16.4. The van der Waals surface area contributed by atoms with Crippen LogP contribution in [0, 0.1) is 11.8 Å². The van der Waals surface area contributed by atoms with Gasteiger partial charge in [0.2, 0.25) is 11.8 Å². The van der Waals surface area contributed by atoms with Crippen LogP contribution in [0.15, 0.2) is 18.2 Å². The van der Waals surface area contributed by atoms with Crippen molar-refractivity contribution in [3.63, 3.8) is 0 Å². The SMILES string of the molecule is CCC1CCC(C(=O)Nc2cccc(OC)n2)CC1. The monoisotopic (exact) mass is 262 g/mol. The molecule has 1 N–H and O–H groups in total. The molecule has 1 saturated carbocycles. The molecular weight excluding hydrogens is 240 g/mol. The first-order valence-corrected chi connectivity index (χ1v) is 7.04. The summed E-state index contributed by atoms with van der Waals surface area (Å²) in [6.45, 7) is 2.23. The van der Waals surface area contributed by atoms with Gasteiger partial charge in [-0.25, -0.2) is 0 Å². The van der Waals surface area contributed by atoms with Gasteiger partial charge in [0.15, 0.2) is 0 Å². The smallest absolute Gasteiger partial charge is 0.228 e. The normalized spacial score (nSPS) is 22.8.